The van der Waals surface area contributed by atoms with Gasteiger partial charge in [-0.1, -0.05) is 11.6 Å². The Morgan fingerprint density at radius 1 is 1.44 bits per heavy atom. The van der Waals surface area contributed by atoms with E-state index in [-0.39, 0.29) is 30.0 Å². The van der Waals surface area contributed by atoms with Crippen molar-refractivity contribution in [3.05, 3.63) is 35.4 Å². The van der Waals surface area contributed by atoms with Crippen molar-refractivity contribution < 1.29 is 4.74 Å². The SMILES string of the molecule is CN=C(NCc1ncnn1C)NC1CCN(c2cc(Cl)ccc2OC)C1.I. The van der Waals surface area contributed by atoms with E-state index < -0.39 is 0 Å². The summed E-state index contributed by atoms with van der Waals surface area (Å²) in [5, 5.41) is 11.5. The van der Waals surface area contributed by atoms with Gasteiger partial charge in [0.1, 0.15) is 17.9 Å². The normalized spacial score (nSPS) is 16.8. The minimum absolute atomic E-state index is 0. The summed E-state index contributed by atoms with van der Waals surface area (Å²) in [7, 11) is 5.31. The quantitative estimate of drug-likeness (QED) is 0.368. The monoisotopic (exact) mass is 505 g/mol. The Labute approximate surface area is 181 Å². The van der Waals surface area contributed by atoms with Crippen molar-refractivity contribution in [2.75, 3.05) is 32.1 Å². The van der Waals surface area contributed by atoms with Crippen LogP contribution in [-0.2, 0) is 13.6 Å². The maximum absolute atomic E-state index is 6.16. The summed E-state index contributed by atoms with van der Waals surface area (Å²) >= 11 is 6.16. The van der Waals surface area contributed by atoms with Crippen molar-refractivity contribution in [2.24, 2.45) is 12.0 Å². The van der Waals surface area contributed by atoms with Crippen LogP contribution in [0.3, 0.4) is 0 Å². The Morgan fingerprint density at radius 3 is 2.93 bits per heavy atom. The number of hydrogen-bond donors (Lipinski definition) is 2. The molecule has 1 aromatic carbocycles. The highest BCUT2D eigenvalue weighted by atomic mass is 127. The van der Waals surface area contributed by atoms with E-state index in [2.05, 4.69) is 30.6 Å². The third-order valence-corrected chi connectivity index (χ3v) is 4.69. The van der Waals surface area contributed by atoms with Gasteiger partial charge in [0, 0.05) is 38.2 Å². The summed E-state index contributed by atoms with van der Waals surface area (Å²) in [4.78, 5) is 10.8. The molecule has 1 aliphatic rings. The third kappa shape index (κ3) is 5.38. The number of guanidine groups is 1. The lowest BCUT2D eigenvalue weighted by atomic mass is 10.2. The Kier molecular flexibility index (Phi) is 7.96. The van der Waals surface area contributed by atoms with Gasteiger partial charge in [-0.15, -0.1) is 24.0 Å². The van der Waals surface area contributed by atoms with E-state index in [9.17, 15) is 0 Å². The van der Waals surface area contributed by atoms with Crippen molar-refractivity contribution in [3.8, 4) is 5.75 Å². The number of nitrogens with one attached hydrogen (secondary N) is 2. The third-order valence-electron chi connectivity index (χ3n) is 4.45. The van der Waals surface area contributed by atoms with E-state index in [1.165, 1.54) is 0 Å². The van der Waals surface area contributed by atoms with Crippen LogP contribution in [0.15, 0.2) is 29.5 Å². The molecule has 1 aliphatic heterocycles. The molecule has 1 aromatic heterocycles. The summed E-state index contributed by atoms with van der Waals surface area (Å²) in [6, 6.07) is 5.97. The molecule has 0 saturated carbocycles. The molecule has 2 N–H and O–H groups in total. The van der Waals surface area contributed by atoms with Gasteiger partial charge in [-0.05, 0) is 24.6 Å². The molecule has 1 unspecified atom stereocenters. The number of nitrogens with zero attached hydrogens (tertiary/aromatic N) is 5. The molecule has 8 nitrogen and oxygen atoms in total. The average molecular weight is 506 g/mol. The molecule has 1 atom stereocenters. The lowest BCUT2D eigenvalue weighted by molar-refractivity contribution is 0.415. The molecule has 10 heteroatoms. The summed E-state index contributed by atoms with van der Waals surface area (Å²) < 4.78 is 7.21. The zero-order valence-corrected chi connectivity index (χ0v) is 18.7. The van der Waals surface area contributed by atoms with Gasteiger partial charge in [-0.2, -0.15) is 5.10 Å². The van der Waals surface area contributed by atoms with Crippen LogP contribution in [0.2, 0.25) is 5.02 Å². The van der Waals surface area contributed by atoms with Gasteiger partial charge in [0.15, 0.2) is 5.96 Å². The molecule has 0 bridgehead atoms. The number of aliphatic imine (C=N–C) groups is 1. The number of benzene rings is 1. The second kappa shape index (κ2) is 9.98. The Balaban J connectivity index is 0.00000261. The zero-order valence-electron chi connectivity index (χ0n) is 15.6. The molecular weight excluding hydrogens is 481 g/mol. The Hall–Kier alpha value is -1.75. The van der Waals surface area contributed by atoms with Crippen molar-refractivity contribution >= 4 is 47.2 Å². The molecule has 2 heterocycles. The van der Waals surface area contributed by atoms with Gasteiger partial charge < -0.3 is 20.3 Å². The van der Waals surface area contributed by atoms with Crippen molar-refractivity contribution in [1.82, 2.24) is 25.4 Å². The summed E-state index contributed by atoms with van der Waals surface area (Å²) in [6.07, 6.45) is 2.54. The summed E-state index contributed by atoms with van der Waals surface area (Å²) in [5.41, 5.74) is 1.02. The molecule has 0 amide bonds. The van der Waals surface area contributed by atoms with Gasteiger partial charge in [-0.3, -0.25) is 9.67 Å². The van der Waals surface area contributed by atoms with E-state index in [0.717, 1.165) is 42.7 Å². The zero-order chi connectivity index (χ0) is 18.5. The van der Waals surface area contributed by atoms with Gasteiger partial charge >= 0.3 is 0 Å². The number of hydrogen-bond acceptors (Lipinski definition) is 5. The van der Waals surface area contributed by atoms with E-state index >= 15 is 0 Å². The lowest BCUT2D eigenvalue weighted by Crippen LogP contribution is -2.44. The first-order chi connectivity index (χ1) is 12.6. The second-order valence-corrected chi connectivity index (χ2v) is 6.55. The minimum atomic E-state index is 0. The molecule has 0 radical (unpaired) electrons. The first kappa shape index (κ1) is 21.5. The van der Waals surface area contributed by atoms with Crippen LogP contribution in [0, 0.1) is 0 Å². The van der Waals surface area contributed by atoms with Crippen LogP contribution in [0.1, 0.15) is 12.2 Å². The number of rotatable bonds is 5. The van der Waals surface area contributed by atoms with Crippen molar-refractivity contribution in [2.45, 2.75) is 19.0 Å². The molecule has 0 aliphatic carbocycles. The fraction of sp³-hybridized carbons (Fsp3) is 0.471. The van der Waals surface area contributed by atoms with Crippen molar-refractivity contribution in [3.63, 3.8) is 0 Å². The highest BCUT2D eigenvalue weighted by Gasteiger charge is 2.25. The predicted molar refractivity (Wildman–Crippen MR) is 118 cm³/mol. The van der Waals surface area contributed by atoms with Gasteiger partial charge in [0.2, 0.25) is 0 Å². The first-order valence-corrected chi connectivity index (χ1v) is 8.87. The first-order valence-electron chi connectivity index (χ1n) is 8.49. The summed E-state index contributed by atoms with van der Waals surface area (Å²) in [5.74, 6) is 2.43. The van der Waals surface area contributed by atoms with Crippen LogP contribution in [0.4, 0.5) is 5.69 Å². The maximum atomic E-state index is 6.16. The second-order valence-electron chi connectivity index (χ2n) is 6.12. The standard InChI is InChI=1S/C17H24ClN7O.HI/c1-19-17(20-9-16-21-11-22-24(16)2)23-13-6-7-25(10-13)14-8-12(18)4-5-15(14)26-3;/h4-5,8,11,13H,6-7,9-10H2,1-3H3,(H2,19,20,23);1H. The molecule has 1 fully saturated rings. The molecule has 1 saturated heterocycles. The number of aryl methyl sites for hydroxylation is 1. The van der Waals surface area contributed by atoms with Crippen molar-refractivity contribution in [1.29, 1.82) is 0 Å². The predicted octanol–water partition coefficient (Wildman–Crippen LogP) is 2.04. The molecule has 148 valence electrons. The fourth-order valence-corrected chi connectivity index (χ4v) is 3.20. The summed E-state index contributed by atoms with van der Waals surface area (Å²) in [6.45, 7) is 2.34. The Morgan fingerprint density at radius 2 is 2.26 bits per heavy atom. The number of ether oxygens (including phenoxy) is 1. The van der Waals surface area contributed by atoms with Crippen LogP contribution in [-0.4, -0.2) is 54.0 Å². The molecule has 3 rings (SSSR count). The van der Waals surface area contributed by atoms with Crippen LogP contribution >= 0.6 is 35.6 Å². The van der Waals surface area contributed by atoms with Gasteiger partial charge in [-0.25, -0.2) is 4.98 Å². The van der Waals surface area contributed by atoms with Crippen LogP contribution in [0.5, 0.6) is 5.75 Å². The van der Waals surface area contributed by atoms with E-state index in [0.29, 0.717) is 11.6 Å². The smallest absolute Gasteiger partial charge is 0.191 e. The Bertz CT molecular complexity index is 782. The van der Waals surface area contributed by atoms with E-state index in [1.807, 2.05) is 25.2 Å². The minimum Gasteiger partial charge on any atom is -0.495 e. The molecular formula is C17H25ClIN7O. The van der Waals surface area contributed by atoms with Crippen LogP contribution < -0.4 is 20.3 Å². The number of aromatic nitrogens is 3. The highest BCUT2D eigenvalue weighted by Crippen LogP contribution is 2.33. The fourth-order valence-electron chi connectivity index (χ4n) is 3.04. The van der Waals surface area contributed by atoms with Gasteiger partial charge in [0.05, 0.1) is 19.3 Å². The largest absolute Gasteiger partial charge is 0.495 e. The molecule has 0 spiro atoms. The number of anilines is 1. The lowest BCUT2D eigenvalue weighted by Gasteiger charge is -2.22. The topological polar surface area (TPSA) is 79.6 Å². The van der Waals surface area contributed by atoms with E-state index in [1.54, 1.807) is 25.2 Å². The van der Waals surface area contributed by atoms with Gasteiger partial charge in [0.25, 0.3) is 0 Å². The maximum Gasteiger partial charge on any atom is 0.191 e. The number of methoxy groups -OCH3 is 1. The molecule has 27 heavy (non-hydrogen) atoms. The van der Waals surface area contributed by atoms with E-state index in [4.69, 9.17) is 16.3 Å². The molecule has 2 aromatic rings. The van der Waals surface area contributed by atoms with Crippen LogP contribution in [0.25, 0.3) is 0 Å². The number of halogens is 2. The average Bonchev–Trinajstić information content (AvgIpc) is 3.27. The highest BCUT2D eigenvalue weighted by molar-refractivity contribution is 14.0.